The maximum atomic E-state index is 12.0. The normalized spacial score (nSPS) is 14.5. The molecule has 0 atom stereocenters. The average molecular weight is 260 g/mol. The van der Waals surface area contributed by atoms with Gasteiger partial charge in [-0.3, -0.25) is 4.79 Å². The Balaban J connectivity index is 2.10. The number of fused-ring (bicyclic) bond motifs is 1. The summed E-state index contributed by atoms with van der Waals surface area (Å²) in [6.45, 7) is 11.9. The van der Waals surface area contributed by atoms with Crippen molar-refractivity contribution in [2.24, 2.45) is 0 Å². The van der Waals surface area contributed by atoms with E-state index in [1.165, 1.54) is 11.3 Å². The lowest BCUT2D eigenvalue weighted by atomic mass is 10.1. The lowest BCUT2D eigenvalue weighted by molar-refractivity contribution is 0.439. The Morgan fingerprint density at radius 2 is 2.11 bits per heavy atom. The number of aromatic nitrogens is 1. The Hall–Kier alpha value is -1.35. The van der Waals surface area contributed by atoms with E-state index >= 15 is 0 Å². The van der Waals surface area contributed by atoms with Crippen molar-refractivity contribution in [3.63, 3.8) is 0 Å². The number of hydrogen-bond donors (Lipinski definition) is 1. The molecule has 0 aliphatic heterocycles. The molecule has 0 bridgehead atoms. The van der Waals surface area contributed by atoms with Crippen LogP contribution in [0.15, 0.2) is 29.1 Å². The minimum atomic E-state index is 0.0759. The van der Waals surface area contributed by atoms with E-state index in [1.54, 1.807) is 6.07 Å². The van der Waals surface area contributed by atoms with E-state index in [0.29, 0.717) is 6.54 Å². The first-order valence-electron chi connectivity index (χ1n) is 7.00. The van der Waals surface area contributed by atoms with Gasteiger partial charge in [0.1, 0.15) is 0 Å². The Labute approximate surface area is 115 Å². The number of nitrogens with one attached hydrogen (secondary N) is 1. The number of hydrogen-bond acceptors (Lipinski definition) is 2. The molecule has 0 aromatic carbocycles. The Morgan fingerprint density at radius 1 is 1.37 bits per heavy atom. The Kier molecular flexibility index (Phi) is 3.95. The van der Waals surface area contributed by atoms with Crippen molar-refractivity contribution in [2.75, 3.05) is 6.54 Å². The maximum absolute atomic E-state index is 12.0. The fourth-order valence-corrected chi connectivity index (χ4v) is 2.48. The molecule has 0 spiro atoms. The van der Waals surface area contributed by atoms with Crippen LogP contribution in [0.5, 0.6) is 0 Å². The number of nitrogens with zero attached hydrogens (tertiary/aromatic N) is 1. The number of aryl methyl sites for hydroxylation is 1. The fraction of sp³-hybridized carbons (Fsp3) is 0.562. The van der Waals surface area contributed by atoms with Crippen LogP contribution >= 0.6 is 0 Å². The highest BCUT2D eigenvalue weighted by atomic mass is 16.1. The molecule has 1 aromatic rings. The second kappa shape index (κ2) is 5.33. The summed E-state index contributed by atoms with van der Waals surface area (Å²) in [4.78, 5) is 12.0. The summed E-state index contributed by atoms with van der Waals surface area (Å²) in [6, 6.07) is 3.67. The second-order valence-electron chi connectivity index (χ2n) is 6.44. The SMILES string of the molecule is C=C(CNC(C)(C)C)Cn1c2c(ccc1=O)CCC2. The summed E-state index contributed by atoms with van der Waals surface area (Å²) in [5, 5.41) is 3.41. The van der Waals surface area contributed by atoms with Crippen LogP contribution in [0.4, 0.5) is 0 Å². The molecule has 1 heterocycles. The van der Waals surface area contributed by atoms with Crippen LogP contribution in [0.1, 0.15) is 38.4 Å². The van der Waals surface area contributed by atoms with Crippen LogP contribution in [0.3, 0.4) is 0 Å². The van der Waals surface area contributed by atoms with Gasteiger partial charge in [-0.25, -0.2) is 0 Å². The van der Waals surface area contributed by atoms with E-state index < -0.39 is 0 Å². The average Bonchev–Trinajstić information content (AvgIpc) is 2.78. The summed E-state index contributed by atoms with van der Waals surface area (Å²) in [5.41, 5.74) is 3.77. The molecule has 1 aliphatic carbocycles. The van der Waals surface area contributed by atoms with Gasteiger partial charge < -0.3 is 9.88 Å². The van der Waals surface area contributed by atoms with Crippen LogP contribution in [0, 0.1) is 0 Å². The van der Waals surface area contributed by atoms with E-state index in [-0.39, 0.29) is 11.1 Å². The monoisotopic (exact) mass is 260 g/mol. The molecule has 104 valence electrons. The highest BCUT2D eigenvalue weighted by molar-refractivity contribution is 5.26. The van der Waals surface area contributed by atoms with Crippen LogP contribution < -0.4 is 10.9 Å². The van der Waals surface area contributed by atoms with Gasteiger partial charge >= 0.3 is 0 Å². The molecule has 1 aromatic heterocycles. The largest absolute Gasteiger partial charge is 0.308 e. The van der Waals surface area contributed by atoms with Gasteiger partial charge in [-0.05, 0) is 51.2 Å². The molecule has 1 N–H and O–H groups in total. The van der Waals surface area contributed by atoms with E-state index in [1.807, 2.05) is 10.6 Å². The van der Waals surface area contributed by atoms with E-state index in [0.717, 1.165) is 31.4 Å². The van der Waals surface area contributed by atoms with Crippen molar-refractivity contribution in [3.8, 4) is 0 Å². The van der Waals surface area contributed by atoms with Crippen molar-refractivity contribution >= 4 is 0 Å². The highest BCUT2D eigenvalue weighted by Crippen LogP contribution is 2.20. The molecule has 19 heavy (non-hydrogen) atoms. The topological polar surface area (TPSA) is 34.0 Å². The second-order valence-corrected chi connectivity index (χ2v) is 6.44. The smallest absolute Gasteiger partial charge is 0.251 e. The first-order chi connectivity index (χ1) is 8.87. The first kappa shape index (κ1) is 14.1. The summed E-state index contributed by atoms with van der Waals surface area (Å²) >= 11 is 0. The van der Waals surface area contributed by atoms with Gasteiger partial charge in [0.05, 0.1) is 0 Å². The molecule has 0 saturated carbocycles. The van der Waals surface area contributed by atoms with E-state index in [9.17, 15) is 4.79 Å². The highest BCUT2D eigenvalue weighted by Gasteiger charge is 2.16. The van der Waals surface area contributed by atoms with Crippen molar-refractivity contribution < 1.29 is 0 Å². The molecule has 3 heteroatoms. The Bertz CT molecular complexity index is 535. The minimum Gasteiger partial charge on any atom is -0.308 e. The standard InChI is InChI=1S/C16H24N2O/c1-12(10-17-16(2,3)4)11-18-14-7-5-6-13(14)8-9-15(18)19/h8-9,17H,1,5-7,10-11H2,2-4H3. The third-order valence-corrected chi connectivity index (χ3v) is 3.50. The zero-order valence-corrected chi connectivity index (χ0v) is 12.3. The van der Waals surface area contributed by atoms with E-state index in [2.05, 4.69) is 32.7 Å². The van der Waals surface area contributed by atoms with Crippen molar-refractivity contribution in [2.45, 2.75) is 52.1 Å². The molecular formula is C16H24N2O. The zero-order chi connectivity index (χ0) is 14.0. The molecule has 0 unspecified atom stereocenters. The first-order valence-corrected chi connectivity index (χ1v) is 7.00. The van der Waals surface area contributed by atoms with Crippen molar-refractivity contribution in [3.05, 3.63) is 45.9 Å². The van der Waals surface area contributed by atoms with Gasteiger partial charge in [-0.1, -0.05) is 12.6 Å². The molecular weight excluding hydrogens is 236 g/mol. The summed E-state index contributed by atoms with van der Waals surface area (Å²) in [6.07, 6.45) is 3.28. The fourth-order valence-electron chi connectivity index (χ4n) is 2.48. The summed E-state index contributed by atoms with van der Waals surface area (Å²) in [5.74, 6) is 0. The molecule has 0 saturated heterocycles. The molecule has 0 amide bonds. The van der Waals surface area contributed by atoms with Gasteiger partial charge in [0.2, 0.25) is 0 Å². The van der Waals surface area contributed by atoms with Crippen LogP contribution in [0.2, 0.25) is 0 Å². The Morgan fingerprint density at radius 3 is 2.79 bits per heavy atom. The lowest BCUT2D eigenvalue weighted by Gasteiger charge is -2.22. The van der Waals surface area contributed by atoms with Gasteiger partial charge in [0.15, 0.2) is 0 Å². The van der Waals surface area contributed by atoms with Crippen molar-refractivity contribution in [1.82, 2.24) is 9.88 Å². The van der Waals surface area contributed by atoms with Gasteiger partial charge in [-0.2, -0.15) is 0 Å². The number of pyridine rings is 1. The minimum absolute atomic E-state index is 0.0759. The van der Waals surface area contributed by atoms with Crippen LogP contribution in [-0.4, -0.2) is 16.7 Å². The molecule has 0 radical (unpaired) electrons. The molecule has 1 aliphatic rings. The van der Waals surface area contributed by atoms with Gasteiger partial charge in [-0.15, -0.1) is 0 Å². The predicted molar refractivity (Wildman–Crippen MR) is 79.6 cm³/mol. The van der Waals surface area contributed by atoms with Crippen LogP contribution in [-0.2, 0) is 19.4 Å². The van der Waals surface area contributed by atoms with Gasteiger partial charge in [0.25, 0.3) is 5.56 Å². The number of rotatable bonds is 4. The maximum Gasteiger partial charge on any atom is 0.251 e. The molecule has 3 nitrogen and oxygen atoms in total. The predicted octanol–water partition coefficient (Wildman–Crippen LogP) is 2.28. The third kappa shape index (κ3) is 3.57. The lowest BCUT2D eigenvalue weighted by Crippen LogP contribution is -2.38. The quantitative estimate of drug-likeness (QED) is 0.843. The summed E-state index contributed by atoms with van der Waals surface area (Å²) in [7, 11) is 0. The third-order valence-electron chi connectivity index (χ3n) is 3.50. The zero-order valence-electron chi connectivity index (χ0n) is 12.3. The van der Waals surface area contributed by atoms with E-state index in [4.69, 9.17) is 0 Å². The van der Waals surface area contributed by atoms with Gasteiger partial charge in [0, 0.05) is 30.4 Å². The van der Waals surface area contributed by atoms with Crippen LogP contribution in [0.25, 0.3) is 0 Å². The molecule has 2 rings (SSSR count). The summed E-state index contributed by atoms with van der Waals surface area (Å²) < 4.78 is 1.90. The van der Waals surface area contributed by atoms with Crippen molar-refractivity contribution in [1.29, 1.82) is 0 Å². The molecule has 0 fully saturated rings.